The van der Waals surface area contributed by atoms with Gasteiger partial charge in [-0.05, 0) is 0 Å². The van der Waals surface area contributed by atoms with Crippen LogP contribution in [0.25, 0.3) is 0 Å². The van der Waals surface area contributed by atoms with E-state index in [0.29, 0.717) is 0 Å². The maximum atomic E-state index is 10.3. The van der Waals surface area contributed by atoms with Gasteiger partial charge in [0.05, 0.1) is 12.8 Å². The Bertz CT molecular complexity index is 238. The fraction of sp³-hybridized carbons (Fsp3) is 0.500. The summed E-state index contributed by atoms with van der Waals surface area (Å²) in [6.07, 6.45) is -2.29. The topological polar surface area (TPSA) is 132 Å². The molecular weight excluding hydrogens is 334 g/mol. The fourth-order valence-corrected chi connectivity index (χ4v) is 0.714. The van der Waals surface area contributed by atoms with Crippen molar-refractivity contribution in [2.24, 2.45) is 0 Å². The molecule has 0 aromatic heterocycles. The third-order valence-electron chi connectivity index (χ3n) is 1.29. The zero-order chi connectivity index (χ0) is 10.6. The number of carbonyl (C=O) groups is 3. The van der Waals surface area contributed by atoms with Crippen molar-refractivity contribution in [3.8, 4) is 0 Å². The Labute approximate surface area is 124 Å². The van der Waals surface area contributed by atoms with Crippen molar-refractivity contribution in [3.63, 3.8) is 0 Å². The maximum Gasteiger partial charge on any atom is 1.00 e. The van der Waals surface area contributed by atoms with Crippen LogP contribution in [0.15, 0.2) is 0 Å². The molecular formula is C6H8INaO7. The molecule has 9 heteroatoms. The molecule has 7 nitrogen and oxygen atoms in total. The molecule has 0 fully saturated rings. The second kappa shape index (κ2) is 8.28. The molecule has 4 N–H and O–H groups in total. The second-order valence-electron chi connectivity index (χ2n) is 2.48. The largest absolute Gasteiger partial charge is 1.00 e. The first-order chi connectivity index (χ1) is 5.78. The maximum absolute atomic E-state index is 10.3. The molecule has 0 saturated carbocycles. The predicted molar refractivity (Wildman–Crippen MR) is 37.1 cm³/mol. The van der Waals surface area contributed by atoms with Gasteiger partial charge in [-0.2, -0.15) is 0 Å². The van der Waals surface area contributed by atoms with Crippen LogP contribution in [0.5, 0.6) is 0 Å². The van der Waals surface area contributed by atoms with Crippen LogP contribution in [0.3, 0.4) is 0 Å². The van der Waals surface area contributed by atoms with Crippen molar-refractivity contribution in [1.82, 2.24) is 0 Å². The van der Waals surface area contributed by atoms with Crippen molar-refractivity contribution in [2.75, 3.05) is 0 Å². The normalized spacial score (nSPS) is 9.40. The monoisotopic (exact) mass is 342 g/mol. The number of hydrogen-bond acceptors (Lipinski definition) is 4. The molecule has 0 spiro atoms. The van der Waals surface area contributed by atoms with Crippen LogP contribution >= 0.6 is 0 Å². The second-order valence-corrected chi connectivity index (χ2v) is 2.48. The minimum Gasteiger partial charge on any atom is -1.00 e. The molecule has 0 aromatic rings. The van der Waals surface area contributed by atoms with Gasteiger partial charge in [0.25, 0.3) is 0 Å². The SMILES string of the molecule is O=C(O)CC(O)(CC(=O)O)C(=O)O.[I-].[Na+]. The van der Waals surface area contributed by atoms with Crippen molar-refractivity contribution >= 4 is 17.9 Å². The fourth-order valence-electron chi connectivity index (χ4n) is 0.714. The van der Waals surface area contributed by atoms with Gasteiger partial charge in [-0.1, -0.05) is 0 Å². The van der Waals surface area contributed by atoms with E-state index in [-0.39, 0.29) is 53.5 Å². The van der Waals surface area contributed by atoms with E-state index in [0.717, 1.165) is 0 Å². The number of halogens is 1. The van der Waals surface area contributed by atoms with E-state index in [1.54, 1.807) is 0 Å². The summed E-state index contributed by atoms with van der Waals surface area (Å²) in [6, 6.07) is 0. The standard InChI is InChI=1S/C6H8O7.HI.Na/c7-3(8)1-6(13,5(11)12)2-4(9)10;;/h13H,1-2H2,(H,7,8)(H,9,10)(H,11,12);1H;/q;;+1/p-1. The van der Waals surface area contributed by atoms with Crippen molar-refractivity contribution < 1.29 is 88.3 Å². The first-order valence-corrected chi connectivity index (χ1v) is 3.17. The Morgan fingerprint density at radius 3 is 1.33 bits per heavy atom. The van der Waals surface area contributed by atoms with E-state index < -0.39 is 36.4 Å². The Balaban J connectivity index is -0.000000720. The van der Waals surface area contributed by atoms with Gasteiger partial charge in [0.1, 0.15) is 0 Å². The third kappa shape index (κ3) is 7.96. The summed E-state index contributed by atoms with van der Waals surface area (Å²) in [7, 11) is 0. The summed E-state index contributed by atoms with van der Waals surface area (Å²) < 4.78 is 0. The zero-order valence-corrected chi connectivity index (χ0v) is 12.0. The summed E-state index contributed by atoms with van der Waals surface area (Å²) in [5.41, 5.74) is -2.74. The first kappa shape index (κ1) is 20.5. The molecule has 15 heavy (non-hydrogen) atoms. The van der Waals surface area contributed by atoms with Gasteiger partial charge < -0.3 is 44.4 Å². The van der Waals surface area contributed by atoms with E-state index in [1.165, 1.54) is 0 Å². The number of aliphatic hydroxyl groups is 1. The average molecular weight is 342 g/mol. The summed E-state index contributed by atoms with van der Waals surface area (Å²) in [4.78, 5) is 30.5. The molecule has 0 aromatic carbocycles. The van der Waals surface area contributed by atoms with Crippen LogP contribution < -0.4 is 53.5 Å². The summed E-state index contributed by atoms with van der Waals surface area (Å²) in [5.74, 6) is -5.02. The molecule has 0 saturated heterocycles. The molecule has 0 radical (unpaired) electrons. The molecule has 0 heterocycles. The van der Waals surface area contributed by atoms with Crippen LogP contribution in [0.4, 0.5) is 0 Å². The minimum absolute atomic E-state index is 0. The molecule has 0 atom stereocenters. The van der Waals surface area contributed by atoms with Crippen molar-refractivity contribution in [1.29, 1.82) is 0 Å². The van der Waals surface area contributed by atoms with Crippen LogP contribution in [0.2, 0.25) is 0 Å². The van der Waals surface area contributed by atoms with Crippen molar-refractivity contribution in [2.45, 2.75) is 18.4 Å². The van der Waals surface area contributed by atoms with Gasteiger partial charge in [-0.3, -0.25) is 9.59 Å². The Hall–Kier alpha value is 0.100. The van der Waals surface area contributed by atoms with E-state index >= 15 is 0 Å². The minimum atomic E-state index is -2.74. The number of carboxylic acid groups (broad SMARTS) is 3. The number of rotatable bonds is 5. The van der Waals surface area contributed by atoms with Crippen LogP contribution in [0, 0.1) is 0 Å². The number of carboxylic acids is 3. The number of hydrogen-bond donors (Lipinski definition) is 4. The average Bonchev–Trinajstić information content (AvgIpc) is 1.82. The van der Waals surface area contributed by atoms with E-state index in [4.69, 9.17) is 20.4 Å². The van der Waals surface area contributed by atoms with Crippen LogP contribution in [0.1, 0.15) is 12.8 Å². The quantitative estimate of drug-likeness (QED) is 0.288. The van der Waals surface area contributed by atoms with Crippen LogP contribution in [-0.4, -0.2) is 43.9 Å². The molecule has 0 amide bonds. The molecule has 0 rings (SSSR count). The van der Waals surface area contributed by atoms with Gasteiger partial charge >= 0.3 is 47.5 Å². The molecule has 82 valence electrons. The van der Waals surface area contributed by atoms with Gasteiger partial charge in [0.2, 0.25) is 0 Å². The van der Waals surface area contributed by atoms with Crippen molar-refractivity contribution in [3.05, 3.63) is 0 Å². The van der Waals surface area contributed by atoms with Crippen LogP contribution in [-0.2, 0) is 14.4 Å². The molecule has 0 aliphatic heterocycles. The molecule has 0 aliphatic carbocycles. The Morgan fingerprint density at radius 2 is 1.20 bits per heavy atom. The van der Waals surface area contributed by atoms with Gasteiger partial charge in [0.15, 0.2) is 5.60 Å². The zero-order valence-electron chi connectivity index (χ0n) is 7.81. The predicted octanol–water partition coefficient (Wildman–Crippen LogP) is -7.24. The number of aliphatic carboxylic acids is 3. The Kier molecular flexibility index (Phi) is 11.3. The Morgan fingerprint density at radius 1 is 0.933 bits per heavy atom. The molecule has 0 bridgehead atoms. The third-order valence-corrected chi connectivity index (χ3v) is 1.29. The van der Waals surface area contributed by atoms with E-state index in [1.807, 2.05) is 0 Å². The van der Waals surface area contributed by atoms with Gasteiger partial charge in [-0.25, -0.2) is 4.79 Å². The first-order valence-electron chi connectivity index (χ1n) is 3.17. The summed E-state index contributed by atoms with van der Waals surface area (Å²) in [6.45, 7) is 0. The molecule has 0 unspecified atom stereocenters. The van der Waals surface area contributed by atoms with E-state index in [2.05, 4.69) is 0 Å². The van der Waals surface area contributed by atoms with E-state index in [9.17, 15) is 14.4 Å². The summed E-state index contributed by atoms with van der Waals surface area (Å²) in [5, 5.41) is 33.8. The summed E-state index contributed by atoms with van der Waals surface area (Å²) >= 11 is 0. The molecule has 0 aliphatic rings. The van der Waals surface area contributed by atoms with Gasteiger partial charge in [0, 0.05) is 0 Å². The van der Waals surface area contributed by atoms with Gasteiger partial charge in [-0.15, -0.1) is 0 Å². The smallest absolute Gasteiger partial charge is 1.00 e.